The molecule has 34 heavy (non-hydrogen) atoms. The van der Waals surface area contributed by atoms with Gasteiger partial charge in [0.2, 0.25) is 0 Å². The molecule has 172 valence electrons. The zero-order valence-electron chi connectivity index (χ0n) is 18.5. The number of carbonyl (C=O) groups is 1. The molecule has 4 aromatic rings. The molecule has 0 aliphatic carbocycles. The van der Waals surface area contributed by atoms with Gasteiger partial charge >= 0.3 is 0 Å². The largest absolute Gasteiger partial charge is 0.467 e. The Morgan fingerprint density at radius 3 is 2.62 bits per heavy atom. The van der Waals surface area contributed by atoms with Crippen LogP contribution in [0.25, 0.3) is 0 Å². The lowest BCUT2D eigenvalue weighted by Crippen LogP contribution is -2.28. The minimum atomic E-state index is -0.294. The lowest BCUT2D eigenvalue weighted by atomic mass is 10.0. The van der Waals surface area contributed by atoms with Gasteiger partial charge in [-0.25, -0.2) is 5.01 Å². The molecule has 1 aliphatic heterocycles. The Morgan fingerprint density at radius 2 is 1.88 bits per heavy atom. The maximum atomic E-state index is 13.3. The summed E-state index contributed by atoms with van der Waals surface area (Å²) in [6.07, 6.45) is 2.18. The molecule has 2 aromatic carbocycles. The van der Waals surface area contributed by atoms with Crippen molar-refractivity contribution < 1.29 is 9.21 Å². The van der Waals surface area contributed by atoms with E-state index in [4.69, 9.17) is 16.0 Å². The lowest BCUT2D eigenvalue weighted by Gasteiger charge is -2.19. The Labute approximate surface area is 206 Å². The smallest absolute Gasteiger partial charge is 0.253 e. The van der Waals surface area contributed by atoms with Crippen molar-refractivity contribution in [1.29, 1.82) is 0 Å². The standard InChI is InChI=1S/C25H22ClN5O2S/c1-17-27-28-25(30(17)15-18-6-3-2-4-7-18)34-16-24(32)31-22(23-8-5-13-33-23)14-21(29-31)19-9-11-20(26)12-10-19/h2-13,22H,14-16H2,1H3. The maximum absolute atomic E-state index is 13.3. The van der Waals surface area contributed by atoms with Crippen molar-refractivity contribution in [3.63, 3.8) is 0 Å². The van der Waals surface area contributed by atoms with Crippen LogP contribution < -0.4 is 0 Å². The molecule has 9 heteroatoms. The third-order valence-corrected chi connectivity index (χ3v) is 6.83. The average Bonchev–Trinajstić information content (AvgIpc) is 3.60. The van der Waals surface area contributed by atoms with Crippen molar-refractivity contribution in [2.24, 2.45) is 5.10 Å². The number of benzene rings is 2. The van der Waals surface area contributed by atoms with Gasteiger partial charge < -0.3 is 8.98 Å². The number of carbonyl (C=O) groups excluding carboxylic acids is 1. The van der Waals surface area contributed by atoms with Gasteiger partial charge in [-0.1, -0.05) is 65.8 Å². The van der Waals surface area contributed by atoms with Crippen LogP contribution in [0.1, 0.15) is 35.2 Å². The van der Waals surface area contributed by atoms with Crippen LogP contribution in [0.4, 0.5) is 0 Å². The summed E-state index contributed by atoms with van der Waals surface area (Å²) in [4.78, 5) is 13.3. The third kappa shape index (κ3) is 4.78. The van der Waals surface area contributed by atoms with Gasteiger partial charge in [-0.05, 0) is 42.3 Å². The molecule has 1 aliphatic rings. The Morgan fingerprint density at radius 1 is 1.09 bits per heavy atom. The summed E-state index contributed by atoms with van der Waals surface area (Å²) in [5.41, 5.74) is 2.90. The summed E-state index contributed by atoms with van der Waals surface area (Å²) in [7, 11) is 0. The van der Waals surface area contributed by atoms with E-state index in [1.807, 2.05) is 66.1 Å². The molecule has 2 aromatic heterocycles. The van der Waals surface area contributed by atoms with E-state index in [1.165, 1.54) is 16.8 Å². The molecule has 0 saturated heterocycles. The van der Waals surface area contributed by atoms with Gasteiger partial charge in [-0.15, -0.1) is 10.2 Å². The van der Waals surface area contributed by atoms with Crippen LogP contribution in [0.15, 0.2) is 87.7 Å². The van der Waals surface area contributed by atoms with Crippen molar-refractivity contribution in [3.05, 3.63) is 101 Å². The van der Waals surface area contributed by atoms with E-state index >= 15 is 0 Å². The van der Waals surface area contributed by atoms with Crippen molar-refractivity contribution in [2.75, 3.05) is 5.75 Å². The predicted octanol–water partition coefficient (Wildman–Crippen LogP) is 5.35. The molecule has 0 radical (unpaired) electrons. The lowest BCUT2D eigenvalue weighted by molar-refractivity contribution is -0.130. The number of amides is 1. The Hall–Kier alpha value is -3.36. The van der Waals surface area contributed by atoms with Crippen LogP contribution in [-0.2, 0) is 11.3 Å². The first kappa shape index (κ1) is 22.4. The quantitative estimate of drug-likeness (QED) is 0.326. The van der Waals surface area contributed by atoms with Gasteiger partial charge in [0.15, 0.2) is 5.16 Å². The second-order valence-electron chi connectivity index (χ2n) is 7.92. The van der Waals surface area contributed by atoms with Gasteiger partial charge in [-0.2, -0.15) is 5.10 Å². The van der Waals surface area contributed by atoms with Gasteiger partial charge in [0.1, 0.15) is 17.6 Å². The molecule has 0 spiro atoms. The van der Waals surface area contributed by atoms with E-state index in [0.717, 1.165) is 22.7 Å². The van der Waals surface area contributed by atoms with E-state index in [9.17, 15) is 4.79 Å². The molecule has 0 saturated carbocycles. The van der Waals surface area contributed by atoms with Gasteiger partial charge in [-0.3, -0.25) is 4.79 Å². The van der Waals surface area contributed by atoms with E-state index in [0.29, 0.717) is 28.9 Å². The highest BCUT2D eigenvalue weighted by atomic mass is 35.5. The number of rotatable bonds is 7. The second-order valence-corrected chi connectivity index (χ2v) is 9.30. The first-order chi connectivity index (χ1) is 16.6. The summed E-state index contributed by atoms with van der Waals surface area (Å²) >= 11 is 7.40. The molecule has 3 heterocycles. The SMILES string of the molecule is Cc1nnc(SCC(=O)N2N=C(c3ccc(Cl)cc3)CC2c2ccco2)n1Cc1ccccc1. The number of hydrogen-bond acceptors (Lipinski definition) is 6. The average molecular weight is 492 g/mol. The monoisotopic (exact) mass is 491 g/mol. The highest BCUT2D eigenvalue weighted by molar-refractivity contribution is 7.99. The van der Waals surface area contributed by atoms with Crippen LogP contribution in [0.3, 0.4) is 0 Å². The second kappa shape index (κ2) is 9.87. The van der Waals surface area contributed by atoms with Crippen molar-refractivity contribution in [2.45, 2.75) is 31.1 Å². The molecule has 0 bridgehead atoms. The van der Waals surface area contributed by atoms with Crippen LogP contribution in [0.2, 0.25) is 5.02 Å². The highest BCUT2D eigenvalue weighted by Gasteiger charge is 2.35. The summed E-state index contributed by atoms with van der Waals surface area (Å²) in [5, 5.41) is 16.1. The number of nitrogens with zero attached hydrogens (tertiary/aromatic N) is 5. The molecular weight excluding hydrogens is 470 g/mol. The Balaban J connectivity index is 1.34. The van der Waals surface area contributed by atoms with Crippen LogP contribution in [0, 0.1) is 6.92 Å². The molecule has 1 atom stereocenters. The molecule has 1 unspecified atom stereocenters. The van der Waals surface area contributed by atoms with Crippen LogP contribution >= 0.6 is 23.4 Å². The fourth-order valence-corrected chi connectivity index (χ4v) is 4.83. The molecule has 0 fully saturated rings. The van der Waals surface area contributed by atoms with E-state index in [-0.39, 0.29) is 17.7 Å². The van der Waals surface area contributed by atoms with Gasteiger partial charge in [0.25, 0.3) is 5.91 Å². The zero-order valence-corrected chi connectivity index (χ0v) is 20.0. The summed E-state index contributed by atoms with van der Waals surface area (Å²) in [5.74, 6) is 1.56. The van der Waals surface area contributed by atoms with E-state index in [1.54, 1.807) is 6.26 Å². The molecule has 0 N–H and O–H groups in total. The van der Waals surface area contributed by atoms with Gasteiger partial charge in [0, 0.05) is 11.4 Å². The first-order valence-electron chi connectivity index (χ1n) is 10.8. The molecular formula is C25H22ClN5O2S. The predicted molar refractivity (Wildman–Crippen MR) is 132 cm³/mol. The summed E-state index contributed by atoms with van der Waals surface area (Å²) in [6, 6.07) is 21.0. The van der Waals surface area contributed by atoms with Crippen molar-refractivity contribution in [1.82, 2.24) is 19.8 Å². The third-order valence-electron chi connectivity index (χ3n) is 5.63. The first-order valence-corrected chi connectivity index (χ1v) is 12.2. The number of thioether (sulfide) groups is 1. The van der Waals surface area contributed by atoms with Crippen molar-refractivity contribution in [3.8, 4) is 0 Å². The van der Waals surface area contributed by atoms with Crippen LogP contribution in [-0.4, -0.2) is 37.1 Å². The number of hydrogen-bond donors (Lipinski definition) is 0. The number of furan rings is 1. The minimum Gasteiger partial charge on any atom is -0.467 e. The van der Waals surface area contributed by atoms with E-state index < -0.39 is 0 Å². The number of halogens is 1. The fourth-order valence-electron chi connectivity index (χ4n) is 3.87. The molecule has 1 amide bonds. The van der Waals surface area contributed by atoms with Crippen molar-refractivity contribution >= 4 is 35.0 Å². The number of aryl methyl sites for hydroxylation is 1. The topological polar surface area (TPSA) is 76.5 Å². The minimum absolute atomic E-state index is 0.123. The normalized spacial score (nSPS) is 15.5. The Kier molecular flexibility index (Phi) is 6.51. The zero-order chi connectivity index (χ0) is 23.5. The Bertz CT molecular complexity index is 1300. The molecule has 5 rings (SSSR count). The van der Waals surface area contributed by atoms with Gasteiger partial charge in [0.05, 0.1) is 24.3 Å². The summed E-state index contributed by atoms with van der Waals surface area (Å²) in [6.45, 7) is 2.56. The van der Waals surface area contributed by atoms with Crippen LogP contribution in [0.5, 0.6) is 0 Å². The maximum Gasteiger partial charge on any atom is 0.253 e. The summed E-state index contributed by atoms with van der Waals surface area (Å²) < 4.78 is 7.65. The molecule has 7 nitrogen and oxygen atoms in total. The highest BCUT2D eigenvalue weighted by Crippen LogP contribution is 2.34. The number of aromatic nitrogens is 3. The fraction of sp³-hybridized carbons (Fsp3) is 0.200. The van der Waals surface area contributed by atoms with E-state index in [2.05, 4.69) is 27.4 Å². The number of hydrazone groups is 1.